The Morgan fingerprint density at radius 2 is 2.10 bits per heavy atom. The monoisotopic (exact) mass is 307 g/mol. The highest BCUT2D eigenvalue weighted by atomic mass is 32.2. The van der Waals surface area contributed by atoms with E-state index in [0.717, 1.165) is 10.4 Å². The van der Waals surface area contributed by atoms with E-state index in [1.165, 1.54) is 0 Å². The summed E-state index contributed by atoms with van der Waals surface area (Å²) in [6.07, 6.45) is 0. The molecule has 0 saturated heterocycles. The van der Waals surface area contributed by atoms with E-state index in [-0.39, 0.29) is 10.6 Å². The number of aromatic nitrogens is 1. The van der Waals surface area contributed by atoms with Crippen molar-refractivity contribution in [2.75, 3.05) is 5.75 Å². The lowest BCUT2D eigenvalue weighted by molar-refractivity contribution is 0.597. The standard InChI is InChI=1S/C14H13NO3S2/c1-3-20(16,17)10-4-5-12-11(7-10)15-14(18-12)13-6-9(2)8-19-13/h4-8H,3H2,1-2H3. The van der Waals surface area contributed by atoms with Gasteiger partial charge in [-0.3, -0.25) is 0 Å². The predicted molar refractivity (Wildman–Crippen MR) is 79.8 cm³/mol. The number of aryl methyl sites for hydroxylation is 1. The SMILES string of the molecule is CCS(=O)(=O)c1ccc2oc(-c3cc(C)cs3)nc2c1. The van der Waals surface area contributed by atoms with E-state index >= 15 is 0 Å². The van der Waals surface area contributed by atoms with Crippen molar-refractivity contribution in [2.45, 2.75) is 18.7 Å². The zero-order chi connectivity index (χ0) is 14.3. The molecule has 0 radical (unpaired) electrons. The zero-order valence-electron chi connectivity index (χ0n) is 11.1. The van der Waals surface area contributed by atoms with Gasteiger partial charge < -0.3 is 4.42 Å². The van der Waals surface area contributed by atoms with Crippen LogP contribution in [0.1, 0.15) is 12.5 Å². The Labute approximate surface area is 121 Å². The minimum atomic E-state index is -3.22. The van der Waals surface area contributed by atoms with E-state index in [4.69, 9.17) is 4.42 Å². The molecule has 104 valence electrons. The number of hydrogen-bond acceptors (Lipinski definition) is 5. The maximum absolute atomic E-state index is 11.9. The highest BCUT2D eigenvalue weighted by Crippen LogP contribution is 2.30. The molecule has 0 atom stereocenters. The highest BCUT2D eigenvalue weighted by Gasteiger charge is 2.15. The Morgan fingerprint density at radius 3 is 2.75 bits per heavy atom. The molecule has 0 spiro atoms. The summed E-state index contributed by atoms with van der Waals surface area (Å²) in [5.74, 6) is 0.608. The largest absolute Gasteiger partial charge is 0.435 e. The van der Waals surface area contributed by atoms with Crippen LogP contribution in [0.25, 0.3) is 21.9 Å². The van der Waals surface area contributed by atoms with Crippen LogP contribution in [0.3, 0.4) is 0 Å². The number of sulfone groups is 1. The first kappa shape index (κ1) is 13.3. The summed E-state index contributed by atoms with van der Waals surface area (Å²) >= 11 is 1.56. The van der Waals surface area contributed by atoms with Gasteiger partial charge in [0.05, 0.1) is 15.5 Å². The average Bonchev–Trinajstić information content (AvgIpc) is 3.03. The lowest BCUT2D eigenvalue weighted by Gasteiger charge is -1.99. The van der Waals surface area contributed by atoms with E-state index in [9.17, 15) is 8.42 Å². The van der Waals surface area contributed by atoms with Gasteiger partial charge in [0, 0.05) is 0 Å². The minimum absolute atomic E-state index is 0.0767. The molecular formula is C14H13NO3S2. The molecule has 0 bridgehead atoms. The number of thiophene rings is 1. The second-order valence-electron chi connectivity index (χ2n) is 4.54. The van der Waals surface area contributed by atoms with Crippen molar-refractivity contribution in [3.05, 3.63) is 35.2 Å². The van der Waals surface area contributed by atoms with Crippen molar-refractivity contribution in [1.82, 2.24) is 4.98 Å². The van der Waals surface area contributed by atoms with Gasteiger partial charge in [0.2, 0.25) is 5.89 Å². The van der Waals surface area contributed by atoms with E-state index in [0.29, 0.717) is 17.0 Å². The van der Waals surface area contributed by atoms with Gasteiger partial charge in [0.15, 0.2) is 15.4 Å². The molecule has 3 aromatic rings. The van der Waals surface area contributed by atoms with E-state index < -0.39 is 9.84 Å². The van der Waals surface area contributed by atoms with Crippen molar-refractivity contribution in [1.29, 1.82) is 0 Å². The van der Waals surface area contributed by atoms with Crippen LogP contribution in [0, 0.1) is 6.92 Å². The molecule has 1 aromatic carbocycles. The summed E-state index contributed by atoms with van der Waals surface area (Å²) in [7, 11) is -3.22. The summed E-state index contributed by atoms with van der Waals surface area (Å²) in [6, 6.07) is 6.80. The normalized spacial score (nSPS) is 12.1. The van der Waals surface area contributed by atoms with Gasteiger partial charge in [0.1, 0.15) is 5.52 Å². The maximum Gasteiger partial charge on any atom is 0.237 e. The Morgan fingerprint density at radius 1 is 1.30 bits per heavy atom. The number of hydrogen-bond donors (Lipinski definition) is 0. The van der Waals surface area contributed by atoms with Crippen LogP contribution in [0.4, 0.5) is 0 Å². The smallest absolute Gasteiger partial charge is 0.237 e. The average molecular weight is 307 g/mol. The fourth-order valence-corrected chi connectivity index (χ4v) is 3.64. The number of rotatable bonds is 3. The summed E-state index contributed by atoms with van der Waals surface area (Å²) < 4.78 is 29.4. The van der Waals surface area contributed by atoms with E-state index in [2.05, 4.69) is 4.98 Å². The molecule has 0 fully saturated rings. The molecule has 0 saturated carbocycles. The van der Waals surface area contributed by atoms with Crippen molar-refractivity contribution in [3.8, 4) is 10.8 Å². The highest BCUT2D eigenvalue weighted by molar-refractivity contribution is 7.91. The Bertz CT molecular complexity index is 875. The summed E-state index contributed by atoms with van der Waals surface area (Å²) in [5, 5.41) is 2.02. The molecule has 3 rings (SSSR count). The minimum Gasteiger partial charge on any atom is -0.435 e. The zero-order valence-corrected chi connectivity index (χ0v) is 12.7. The van der Waals surface area contributed by atoms with Gasteiger partial charge in [-0.2, -0.15) is 0 Å². The van der Waals surface area contributed by atoms with Gasteiger partial charge in [-0.25, -0.2) is 13.4 Å². The van der Waals surface area contributed by atoms with Crippen molar-refractivity contribution < 1.29 is 12.8 Å². The summed E-state index contributed by atoms with van der Waals surface area (Å²) in [4.78, 5) is 5.61. The number of nitrogens with zero attached hydrogens (tertiary/aromatic N) is 1. The molecule has 0 amide bonds. The second-order valence-corrected chi connectivity index (χ2v) is 7.73. The van der Waals surface area contributed by atoms with Gasteiger partial charge in [-0.1, -0.05) is 6.92 Å². The molecule has 0 unspecified atom stereocenters. The van der Waals surface area contributed by atoms with Crippen LogP contribution in [0.15, 0.2) is 39.0 Å². The molecule has 0 aliphatic heterocycles. The molecular weight excluding hydrogens is 294 g/mol. The molecule has 2 aromatic heterocycles. The Balaban J connectivity index is 2.13. The Hall–Kier alpha value is -1.66. The molecule has 0 aliphatic rings. The van der Waals surface area contributed by atoms with Crippen LogP contribution < -0.4 is 0 Å². The van der Waals surface area contributed by atoms with E-state index in [1.54, 1.807) is 36.5 Å². The predicted octanol–water partition coefficient (Wildman–Crippen LogP) is 3.66. The van der Waals surface area contributed by atoms with Gasteiger partial charge in [0.25, 0.3) is 0 Å². The lowest BCUT2D eigenvalue weighted by atomic mass is 10.3. The molecule has 6 heteroatoms. The first-order chi connectivity index (χ1) is 9.49. The van der Waals surface area contributed by atoms with Crippen LogP contribution in [0.5, 0.6) is 0 Å². The van der Waals surface area contributed by atoms with Crippen molar-refractivity contribution >= 4 is 32.3 Å². The topological polar surface area (TPSA) is 60.2 Å². The second kappa shape index (κ2) is 4.71. The third-order valence-corrected chi connectivity index (χ3v) is 5.81. The number of oxazole rings is 1. The lowest BCUT2D eigenvalue weighted by Crippen LogP contribution is -2.03. The van der Waals surface area contributed by atoms with Crippen molar-refractivity contribution in [3.63, 3.8) is 0 Å². The van der Waals surface area contributed by atoms with E-state index in [1.807, 2.05) is 18.4 Å². The third kappa shape index (κ3) is 2.25. The van der Waals surface area contributed by atoms with Crippen molar-refractivity contribution in [2.24, 2.45) is 0 Å². The summed E-state index contributed by atoms with van der Waals surface area (Å²) in [5.41, 5.74) is 2.32. The van der Waals surface area contributed by atoms with Crippen LogP contribution >= 0.6 is 11.3 Å². The van der Waals surface area contributed by atoms with Crippen LogP contribution in [-0.2, 0) is 9.84 Å². The third-order valence-electron chi connectivity index (χ3n) is 3.04. The quantitative estimate of drug-likeness (QED) is 0.741. The first-order valence-corrected chi connectivity index (χ1v) is 8.71. The number of benzene rings is 1. The fraction of sp³-hybridized carbons (Fsp3) is 0.214. The molecule has 4 nitrogen and oxygen atoms in total. The molecule has 0 N–H and O–H groups in total. The van der Waals surface area contributed by atoms with Gasteiger partial charge >= 0.3 is 0 Å². The molecule has 0 aliphatic carbocycles. The number of fused-ring (bicyclic) bond motifs is 1. The molecule has 20 heavy (non-hydrogen) atoms. The maximum atomic E-state index is 11.9. The molecule has 2 heterocycles. The van der Waals surface area contributed by atoms with Gasteiger partial charge in [-0.05, 0) is 42.1 Å². The van der Waals surface area contributed by atoms with Crippen LogP contribution in [0.2, 0.25) is 0 Å². The Kier molecular flexibility index (Phi) is 3.14. The first-order valence-electron chi connectivity index (χ1n) is 6.18. The van der Waals surface area contributed by atoms with Gasteiger partial charge in [-0.15, -0.1) is 11.3 Å². The van der Waals surface area contributed by atoms with Crippen LogP contribution in [-0.4, -0.2) is 19.2 Å². The fourth-order valence-electron chi connectivity index (χ4n) is 1.92. The summed E-state index contributed by atoms with van der Waals surface area (Å²) in [6.45, 7) is 3.64.